The fourth-order valence-corrected chi connectivity index (χ4v) is 5.51. The summed E-state index contributed by atoms with van der Waals surface area (Å²) in [6.45, 7) is 0.485. The molecule has 0 spiro atoms. The lowest BCUT2D eigenvalue weighted by Crippen LogP contribution is -2.41. The Bertz CT molecular complexity index is 1390. The van der Waals surface area contributed by atoms with E-state index in [0.717, 1.165) is 11.0 Å². The molecule has 0 radical (unpaired) electrons. The number of benzene rings is 2. The summed E-state index contributed by atoms with van der Waals surface area (Å²) in [6.07, 6.45) is 0.820. The van der Waals surface area contributed by atoms with Crippen molar-refractivity contribution in [3.8, 4) is 6.07 Å². The number of hydrogen-bond donors (Lipinski definition) is 1. The molecule has 1 aliphatic rings. The maximum absolute atomic E-state index is 12.9. The summed E-state index contributed by atoms with van der Waals surface area (Å²) in [4.78, 5) is 25.0. The second-order valence-electron chi connectivity index (χ2n) is 7.91. The Kier molecular flexibility index (Phi) is 5.62. The number of sulfonamides is 1. The molecule has 3 aromatic rings. The van der Waals surface area contributed by atoms with E-state index in [1.165, 1.54) is 33.1 Å². The molecule has 32 heavy (non-hydrogen) atoms. The molecule has 1 fully saturated rings. The van der Waals surface area contributed by atoms with Crippen molar-refractivity contribution in [1.29, 1.82) is 5.26 Å². The maximum Gasteiger partial charge on any atom is 0.328 e. The van der Waals surface area contributed by atoms with E-state index >= 15 is 0 Å². The third kappa shape index (κ3) is 3.81. The Morgan fingerprint density at radius 3 is 2.28 bits per heavy atom. The fraction of sp³-hybridized carbons (Fsp3) is 0.318. The molecular formula is C22H23N5O4S. The molecule has 0 atom stereocenters. The molecule has 1 N–H and O–H groups in total. The highest BCUT2D eigenvalue weighted by molar-refractivity contribution is 7.89. The van der Waals surface area contributed by atoms with Gasteiger partial charge >= 0.3 is 5.69 Å². The Morgan fingerprint density at radius 1 is 1.03 bits per heavy atom. The number of rotatable bonds is 4. The summed E-state index contributed by atoms with van der Waals surface area (Å²) < 4.78 is 30.2. The number of piperidine rings is 1. The number of hydrogen-bond acceptors (Lipinski definition) is 5. The molecule has 166 valence electrons. The Balaban J connectivity index is 1.42. The van der Waals surface area contributed by atoms with Gasteiger partial charge in [-0.1, -0.05) is 0 Å². The van der Waals surface area contributed by atoms with Crippen LogP contribution in [0, 0.1) is 17.2 Å². The standard InChI is InChI=1S/C22H23N5O4S/c1-25-19-8-5-17(13-20(19)26(2)22(25)29)24-21(28)16-9-11-27(12-10-16)32(30,31)18-6-3-15(14-23)4-7-18/h3-8,13,16H,9-12H2,1-2H3,(H,24,28). The second kappa shape index (κ2) is 8.26. The zero-order valence-electron chi connectivity index (χ0n) is 17.8. The molecule has 1 aromatic heterocycles. The molecule has 1 saturated heterocycles. The van der Waals surface area contributed by atoms with E-state index in [2.05, 4.69) is 5.32 Å². The van der Waals surface area contributed by atoms with Crippen molar-refractivity contribution in [3.05, 3.63) is 58.5 Å². The average Bonchev–Trinajstić information content (AvgIpc) is 3.02. The number of nitriles is 1. The Hall–Kier alpha value is -3.42. The summed E-state index contributed by atoms with van der Waals surface area (Å²) >= 11 is 0. The van der Waals surface area contributed by atoms with E-state index in [4.69, 9.17) is 5.26 Å². The number of anilines is 1. The van der Waals surface area contributed by atoms with Gasteiger partial charge in [-0.2, -0.15) is 9.57 Å². The number of aryl methyl sites for hydroxylation is 2. The predicted molar refractivity (Wildman–Crippen MR) is 119 cm³/mol. The first kappa shape index (κ1) is 21.8. The van der Waals surface area contributed by atoms with Gasteiger partial charge in [-0.3, -0.25) is 13.9 Å². The first-order valence-electron chi connectivity index (χ1n) is 10.2. The SMILES string of the molecule is Cn1c(=O)n(C)c2cc(NC(=O)C3CCN(S(=O)(=O)c4ccc(C#N)cc4)CC3)ccc21. The number of carbonyl (C=O) groups is 1. The average molecular weight is 454 g/mol. The molecule has 0 saturated carbocycles. The van der Waals surface area contributed by atoms with Gasteiger partial charge in [0.15, 0.2) is 0 Å². The normalized spacial score (nSPS) is 15.5. The zero-order chi connectivity index (χ0) is 23.0. The lowest BCUT2D eigenvalue weighted by atomic mass is 9.97. The van der Waals surface area contributed by atoms with Crippen LogP contribution in [0.5, 0.6) is 0 Å². The van der Waals surface area contributed by atoms with Gasteiger partial charge in [0.25, 0.3) is 0 Å². The third-order valence-electron chi connectivity index (χ3n) is 5.99. The molecule has 0 bridgehead atoms. The lowest BCUT2D eigenvalue weighted by Gasteiger charge is -2.30. The van der Waals surface area contributed by atoms with Crippen LogP contribution >= 0.6 is 0 Å². The van der Waals surface area contributed by atoms with Crippen LogP contribution in [0.25, 0.3) is 11.0 Å². The van der Waals surface area contributed by atoms with Gasteiger partial charge in [-0.15, -0.1) is 0 Å². The molecule has 10 heteroatoms. The van der Waals surface area contributed by atoms with Crippen molar-refractivity contribution in [1.82, 2.24) is 13.4 Å². The minimum atomic E-state index is -3.67. The smallest absolute Gasteiger partial charge is 0.326 e. The molecule has 9 nitrogen and oxygen atoms in total. The summed E-state index contributed by atoms with van der Waals surface area (Å²) in [6, 6.07) is 13.1. The van der Waals surface area contributed by atoms with Crippen molar-refractivity contribution in [2.24, 2.45) is 20.0 Å². The van der Waals surface area contributed by atoms with Crippen LogP contribution in [0.1, 0.15) is 18.4 Å². The molecule has 4 rings (SSSR count). The minimum Gasteiger partial charge on any atom is -0.326 e. The van der Waals surface area contributed by atoms with Crippen LogP contribution in [-0.2, 0) is 28.9 Å². The van der Waals surface area contributed by atoms with Crippen LogP contribution in [0.3, 0.4) is 0 Å². The Labute approximate surface area is 185 Å². The van der Waals surface area contributed by atoms with Crippen molar-refractivity contribution < 1.29 is 13.2 Å². The summed E-state index contributed by atoms with van der Waals surface area (Å²) in [5.74, 6) is -0.474. The first-order chi connectivity index (χ1) is 15.2. The number of nitrogens with zero attached hydrogens (tertiary/aromatic N) is 4. The zero-order valence-corrected chi connectivity index (χ0v) is 18.6. The number of aromatic nitrogens is 2. The highest BCUT2D eigenvalue weighted by Gasteiger charge is 2.32. The maximum atomic E-state index is 12.9. The van der Waals surface area contributed by atoms with Gasteiger partial charge in [0, 0.05) is 38.8 Å². The largest absolute Gasteiger partial charge is 0.328 e. The summed E-state index contributed by atoms with van der Waals surface area (Å²) in [5.41, 5.74) is 2.35. The topological polar surface area (TPSA) is 117 Å². The van der Waals surface area contributed by atoms with Crippen LogP contribution in [-0.4, -0.2) is 40.9 Å². The van der Waals surface area contributed by atoms with Crippen LogP contribution < -0.4 is 11.0 Å². The van der Waals surface area contributed by atoms with Crippen molar-refractivity contribution in [2.75, 3.05) is 18.4 Å². The molecule has 2 aromatic carbocycles. The van der Waals surface area contributed by atoms with Gasteiger partial charge < -0.3 is 5.32 Å². The second-order valence-corrected chi connectivity index (χ2v) is 9.85. The third-order valence-corrected chi connectivity index (χ3v) is 7.90. The number of fused-ring (bicyclic) bond motifs is 1. The highest BCUT2D eigenvalue weighted by Crippen LogP contribution is 2.26. The predicted octanol–water partition coefficient (Wildman–Crippen LogP) is 1.79. The molecule has 0 aliphatic carbocycles. The number of carbonyl (C=O) groups excluding carboxylic acids is 1. The molecule has 2 heterocycles. The van der Waals surface area contributed by atoms with Crippen molar-refractivity contribution >= 4 is 32.7 Å². The van der Waals surface area contributed by atoms with E-state index in [-0.39, 0.29) is 35.5 Å². The molecule has 0 unspecified atom stereocenters. The number of imidazole rings is 1. The van der Waals surface area contributed by atoms with Gasteiger partial charge in [-0.25, -0.2) is 13.2 Å². The Morgan fingerprint density at radius 2 is 1.66 bits per heavy atom. The monoisotopic (exact) mass is 453 g/mol. The first-order valence-corrected chi connectivity index (χ1v) is 11.6. The van der Waals surface area contributed by atoms with E-state index < -0.39 is 10.0 Å². The van der Waals surface area contributed by atoms with E-state index in [1.807, 2.05) is 6.07 Å². The highest BCUT2D eigenvalue weighted by atomic mass is 32.2. The van der Waals surface area contributed by atoms with Crippen molar-refractivity contribution in [2.45, 2.75) is 17.7 Å². The quantitative estimate of drug-likeness (QED) is 0.646. The van der Waals surface area contributed by atoms with Crippen LogP contribution in [0.15, 0.2) is 52.2 Å². The van der Waals surface area contributed by atoms with E-state index in [0.29, 0.717) is 24.1 Å². The van der Waals surface area contributed by atoms with Crippen molar-refractivity contribution in [3.63, 3.8) is 0 Å². The fourth-order valence-electron chi connectivity index (χ4n) is 4.04. The van der Waals surface area contributed by atoms with Gasteiger partial charge in [0.2, 0.25) is 15.9 Å². The summed E-state index contributed by atoms with van der Waals surface area (Å²) in [7, 11) is -0.290. The van der Waals surface area contributed by atoms with Gasteiger partial charge in [-0.05, 0) is 55.3 Å². The number of amides is 1. The van der Waals surface area contributed by atoms with Crippen LogP contribution in [0.2, 0.25) is 0 Å². The lowest BCUT2D eigenvalue weighted by molar-refractivity contribution is -0.120. The molecular weight excluding hydrogens is 430 g/mol. The molecule has 1 aliphatic heterocycles. The van der Waals surface area contributed by atoms with E-state index in [1.54, 1.807) is 36.9 Å². The van der Waals surface area contributed by atoms with E-state index in [9.17, 15) is 18.0 Å². The number of nitrogens with one attached hydrogen (secondary N) is 1. The minimum absolute atomic E-state index is 0.140. The van der Waals surface area contributed by atoms with Gasteiger partial charge in [0.05, 0.1) is 27.6 Å². The molecule has 1 amide bonds. The van der Waals surface area contributed by atoms with Gasteiger partial charge in [0.1, 0.15) is 0 Å². The van der Waals surface area contributed by atoms with Crippen LogP contribution in [0.4, 0.5) is 5.69 Å². The summed E-state index contributed by atoms with van der Waals surface area (Å²) in [5, 5.41) is 11.8.